The fraction of sp³-hybridized carbons (Fsp3) is 0.429. The Balaban J connectivity index is 4.04. The maximum absolute atomic E-state index is 13.5. The fourth-order valence-electron chi connectivity index (χ4n) is 2.27. The van der Waals surface area contributed by atoms with Crippen LogP contribution in [-0.2, 0) is 6.42 Å². The Morgan fingerprint density at radius 2 is 1.41 bits per heavy atom. The maximum atomic E-state index is 13.5. The van der Waals surface area contributed by atoms with Crippen molar-refractivity contribution in [1.82, 2.24) is 0 Å². The van der Waals surface area contributed by atoms with Crippen LogP contribution in [0.5, 0.6) is 0 Å². The van der Waals surface area contributed by atoms with Crippen LogP contribution in [0.2, 0.25) is 0 Å². The van der Waals surface area contributed by atoms with Crippen LogP contribution in [0.3, 0.4) is 0 Å². The highest BCUT2D eigenvalue weighted by Gasteiger charge is 2.76. The molecular formula is C14H18F10S3. The van der Waals surface area contributed by atoms with Gasteiger partial charge in [-0.2, -0.15) is 0 Å². The molecule has 1 rings (SSSR count). The zero-order valence-electron chi connectivity index (χ0n) is 14.0. The van der Waals surface area contributed by atoms with Crippen molar-refractivity contribution in [3.8, 4) is 0 Å². The number of unbranched alkanes of at least 4 members (excludes halogenated alkanes) is 1. The minimum Gasteiger partial charge on any atom is -0.125 e. The zero-order chi connectivity index (χ0) is 21.5. The van der Waals surface area contributed by atoms with E-state index in [4.69, 9.17) is 0 Å². The topological polar surface area (TPSA) is 0 Å². The maximum Gasteiger partial charge on any atom is 0.312 e. The van der Waals surface area contributed by atoms with Crippen molar-refractivity contribution in [3.63, 3.8) is 0 Å². The van der Waals surface area contributed by atoms with Crippen molar-refractivity contribution in [3.05, 3.63) is 30.4 Å². The molecule has 162 valence electrons. The van der Waals surface area contributed by atoms with Gasteiger partial charge in [0, 0.05) is 4.90 Å². The lowest BCUT2D eigenvalue weighted by molar-refractivity contribution is 0.331. The smallest absolute Gasteiger partial charge is 0.125 e. The van der Waals surface area contributed by atoms with Crippen LogP contribution in [0.4, 0.5) is 38.9 Å². The van der Waals surface area contributed by atoms with Gasteiger partial charge in [-0.15, -0.1) is 18.3 Å². The van der Waals surface area contributed by atoms with E-state index >= 15 is 0 Å². The van der Waals surface area contributed by atoms with Gasteiger partial charge in [0.25, 0.3) is 0 Å². The molecule has 0 nitrogen and oxygen atoms in total. The van der Waals surface area contributed by atoms with Crippen LogP contribution < -0.4 is 0 Å². The summed E-state index contributed by atoms with van der Waals surface area (Å²) in [5.41, 5.74) is -1.53. The molecule has 0 fully saturated rings. The lowest BCUT2D eigenvalue weighted by Gasteiger charge is -2.49. The lowest BCUT2D eigenvalue weighted by atomic mass is 10.1. The van der Waals surface area contributed by atoms with E-state index in [1.165, 1.54) is 0 Å². The molecule has 13 heteroatoms. The molecule has 0 spiro atoms. The third-order valence-corrected chi connectivity index (χ3v) is 7.14. The number of halogens is 10. The van der Waals surface area contributed by atoms with E-state index in [1.807, 2.05) is 0 Å². The summed E-state index contributed by atoms with van der Waals surface area (Å²) in [5, 5.41) is 0. The molecular weight excluding hydrogens is 454 g/mol. The van der Waals surface area contributed by atoms with Gasteiger partial charge in [0.05, 0.1) is 0 Å². The Morgan fingerprint density at radius 1 is 0.889 bits per heavy atom. The summed E-state index contributed by atoms with van der Waals surface area (Å²) in [6.45, 7) is 4.76. The summed E-state index contributed by atoms with van der Waals surface area (Å²) < 4.78 is 135. The zero-order valence-corrected chi connectivity index (χ0v) is 16.4. The Bertz CT molecular complexity index is 735. The first-order chi connectivity index (χ1) is 11.6. The average molecular weight is 472 g/mol. The van der Waals surface area contributed by atoms with E-state index in [2.05, 4.69) is 6.58 Å². The van der Waals surface area contributed by atoms with E-state index in [1.54, 1.807) is 6.92 Å². The predicted molar refractivity (Wildman–Crippen MR) is 93.4 cm³/mol. The van der Waals surface area contributed by atoms with Crippen LogP contribution in [0, 0.1) is 0 Å². The standard InChI is InChI=1S/C14H18F10S3/c1-3-5-7-11-8-9-12(25-10-6-4-2)14(27(20,21,22,23)24)13(11)26(15,16,17,18)19/h3,8-9H,1,4-7,10H2,2H3. The van der Waals surface area contributed by atoms with Crippen LogP contribution in [0.25, 0.3) is 0 Å². The molecule has 0 heterocycles. The van der Waals surface area contributed by atoms with E-state index in [-0.39, 0.29) is 23.9 Å². The van der Waals surface area contributed by atoms with E-state index in [0.29, 0.717) is 18.6 Å². The Morgan fingerprint density at radius 3 is 1.81 bits per heavy atom. The molecule has 0 N–H and O–H groups in total. The van der Waals surface area contributed by atoms with Gasteiger partial charge in [-0.25, -0.2) is 0 Å². The number of hydrogen-bond acceptors (Lipinski definition) is 1. The Hall–Kier alpha value is -0.690. The largest absolute Gasteiger partial charge is 0.312 e. The van der Waals surface area contributed by atoms with Gasteiger partial charge >= 0.3 is 20.4 Å². The molecule has 1 aromatic carbocycles. The molecule has 0 aromatic heterocycles. The highest BCUT2D eigenvalue weighted by Crippen LogP contribution is 3.10. The van der Waals surface area contributed by atoms with Gasteiger partial charge in [0.1, 0.15) is 9.79 Å². The number of benzene rings is 1. The summed E-state index contributed by atoms with van der Waals surface area (Å²) in [6.07, 6.45) is 0.269. The second-order valence-corrected chi connectivity index (χ2v) is 11.7. The molecule has 0 saturated heterocycles. The monoisotopic (exact) mass is 472 g/mol. The number of aryl methyl sites for hydroxylation is 1. The average Bonchev–Trinajstić information content (AvgIpc) is 2.40. The molecule has 0 aliphatic heterocycles. The quantitative estimate of drug-likeness (QED) is 0.149. The second-order valence-electron chi connectivity index (χ2n) is 5.85. The summed E-state index contributed by atoms with van der Waals surface area (Å²) in [7, 11) is -22.2. The van der Waals surface area contributed by atoms with Crippen LogP contribution in [0.1, 0.15) is 31.7 Å². The van der Waals surface area contributed by atoms with E-state index < -0.39 is 53.5 Å². The normalized spacial score (nSPS) is 18.2. The van der Waals surface area contributed by atoms with Crippen molar-refractivity contribution < 1.29 is 38.9 Å². The van der Waals surface area contributed by atoms with E-state index in [0.717, 1.165) is 6.08 Å². The van der Waals surface area contributed by atoms with E-state index in [9.17, 15) is 38.9 Å². The second kappa shape index (κ2) is 5.91. The number of thioether (sulfide) groups is 1. The SMILES string of the molecule is C=CCCc1ccc(SCCCC)c(S(F)(F)(F)(F)F)c1S(F)(F)(F)(F)F. The molecule has 0 amide bonds. The van der Waals surface area contributed by atoms with Gasteiger partial charge in [-0.1, -0.05) is 64.3 Å². The highest BCUT2D eigenvalue weighted by atomic mass is 32.5. The number of hydrogen-bond donors (Lipinski definition) is 0. The van der Waals surface area contributed by atoms with Gasteiger partial charge in [0.2, 0.25) is 0 Å². The first-order valence-corrected chi connectivity index (χ1v) is 12.4. The molecule has 0 bridgehead atoms. The van der Waals surface area contributed by atoms with Gasteiger partial charge in [-0.05, 0) is 36.6 Å². The van der Waals surface area contributed by atoms with Crippen molar-refractivity contribution >= 4 is 32.2 Å². The summed E-state index contributed by atoms with van der Waals surface area (Å²) in [6, 6.07) is 0.803. The molecule has 0 aliphatic rings. The summed E-state index contributed by atoms with van der Waals surface area (Å²) >= 11 is 0.0507. The fourth-order valence-corrected chi connectivity index (χ4v) is 7.03. The minimum atomic E-state index is -11.1. The van der Waals surface area contributed by atoms with Gasteiger partial charge in [-0.3, -0.25) is 0 Å². The molecule has 0 aliphatic carbocycles. The number of allylic oxidation sites excluding steroid dienone is 1. The number of rotatable bonds is 9. The molecule has 0 atom stereocenters. The molecule has 27 heavy (non-hydrogen) atoms. The van der Waals surface area contributed by atoms with Crippen molar-refractivity contribution in [2.24, 2.45) is 0 Å². The van der Waals surface area contributed by atoms with Gasteiger partial charge < -0.3 is 0 Å². The Kier molecular flexibility index (Phi) is 5.33. The summed E-state index contributed by atoms with van der Waals surface area (Å²) in [4.78, 5) is -8.61. The van der Waals surface area contributed by atoms with Crippen molar-refractivity contribution in [2.75, 3.05) is 5.75 Å². The van der Waals surface area contributed by atoms with Crippen molar-refractivity contribution in [2.45, 2.75) is 47.3 Å². The van der Waals surface area contributed by atoms with Crippen LogP contribution in [-0.4, -0.2) is 5.75 Å². The van der Waals surface area contributed by atoms with Crippen LogP contribution in [0.15, 0.2) is 39.5 Å². The third kappa shape index (κ3) is 6.70. The lowest BCUT2D eigenvalue weighted by Crippen LogP contribution is -2.19. The molecule has 0 saturated carbocycles. The summed E-state index contributed by atoms with van der Waals surface area (Å²) in [5.74, 6) is -0.233. The minimum absolute atomic E-state index is 0.0507. The highest BCUT2D eigenvalue weighted by molar-refractivity contribution is 8.48. The molecule has 0 radical (unpaired) electrons. The van der Waals surface area contributed by atoms with Gasteiger partial charge in [0.15, 0.2) is 0 Å². The predicted octanol–water partition coefficient (Wildman–Crippen LogP) is 10.0. The Labute approximate surface area is 154 Å². The molecule has 1 aromatic rings. The van der Waals surface area contributed by atoms with Crippen molar-refractivity contribution in [1.29, 1.82) is 0 Å². The van der Waals surface area contributed by atoms with Crippen LogP contribution >= 0.6 is 32.2 Å². The third-order valence-electron chi connectivity index (χ3n) is 3.30. The first-order valence-electron chi connectivity index (χ1n) is 7.48. The first kappa shape index (κ1) is 24.3. The molecule has 0 unspecified atom stereocenters.